The molecule has 84 valence electrons. The summed E-state index contributed by atoms with van der Waals surface area (Å²) in [5, 5.41) is 0. The highest BCUT2D eigenvalue weighted by Crippen LogP contribution is 2.38. The standard InChI is InChI=1S/C6H5F3NO3PS/c7-6(8,9)4-2-1-3-10-5(4)13-14(11,12)15/h1-3H,(H2,11,12,15)/p-2. The van der Waals surface area contributed by atoms with Gasteiger partial charge in [0.2, 0.25) is 5.88 Å². The van der Waals surface area contributed by atoms with Crippen molar-refractivity contribution in [1.82, 2.24) is 4.98 Å². The molecule has 0 saturated carbocycles. The highest BCUT2D eigenvalue weighted by Gasteiger charge is 2.35. The summed E-state index contributed by atoms with van der Waals surface area (Å²) in [6.45, 7) is -4.71. The van der Waals surface area contributed by atoms with Crippen LogP contribution in [-0.4, -0.2) is 4.98 Å². The van der Waals surface area contributed by atoms with Crippen LogP contribution < -0.4 is 14.3 Å². The van der Waals surface area contributed by atoms with Crippen molar-refractivity contribution in [3.05, 3.63) is 23.9 Å². The van der Waals surface area contributed by atoms with E-state index in [2.05, 4.69) is 21.3 Å². The molecular formula is C6H3F3NO3PS-2. The largest absolute Gasteiger partial charge is 0.803 e. The zero-order valence-corrected chi connectivity index (χ0v) is 8.60. The molecule has 1 heterocycles. The Balaban J connectivity index is 3.14. The van der Waals surface area contributed by atoms with Crippen molar-refractivity contribution in [2.45, 2.75) is 6.18 Å². The molecule has 0 amide bonds. The van der Waals surface area contributed by atoms with Gasteiger partial charge in [-0.15, -0.1) is 0 Å². The first-order chi connectivity index (χ1) is 6.70. The van der Waals surface area contributed by atoms with Gasteiger partial charge in [-0.05, 0) is 18.9 Å². The van der Waals surface area contributed by atoms with Crippen molar-refractivity contribution in [2.24, 2.45) is 0 Å². The summed E-state index contributed by atoms with van der Waals surface area (Å²) in [6, 6.07) is 1.65. The van der Waals surface area contributed by atoms with E-state index in [1.54, 1.807) is 0 Å². The van der Waals surface area contributed by atoms with Crippen LogP contribution in [0, 0.1) is 0 Å². The topological polar surface area (TPSA) is 68.2 Å². The molecule has 0 radical (unpaired) electrons. The van der Waals surface area contributed by atoms with E-state index in [1.165, 1.54) is 0 Å². The van der Waals surface area contributed by atoms with Crippen LogP contribution in [0.3, 0.4) is 0 Å². The molecule has 0 fully saturated rings. The van der Waals surface area contributed by atoms with Crippen molar-refractivity contribution in [3.8, 4) is 5.88 Å². The third kappa shape index (κ3) is 3.75. The van der Waals surface area contributed by atoms with E-state index in [0.717, 1.165) is 12.3 Å². The molecule has 4 nitrogen and oxygen atoms in total. The highest BCUT2D eigenvalue weighted by atomic mass is 32.5. The van der Waals surface area contributed by atoms with Crippen molar-refractivity contribution in [2.75, 3.05) is 0 Å². The lowest BCUT2D eigenvalue weighted by Gasteiger charge is -2.34. The molecule has 0 saturated heterocycles. The van der Waals surface area contributed by atoms with Gasteiger partial charge in [-0.3, -0.25) is 0 Å². The summed E-state index contributed by atoms with van der Waals surface area (Å²) in [4.78, 5) is 24.1. The van der Waals surface area contributed by atoms with E-state index >= 15 is 0 Å². The maximum absolute atomic E-state index is 12.3. The fraction of sp³-hybridized carbons (Fsp3) is 0.167. The summed E-state index contributed by atoms with van der Waals surface area (Å²) in [5.41, 5.74) is -1.29. The minimum atomic E-state index is -4.74. The smallest absolute Gasteiger partial charge is 0.421 e. The average molecular weight is 257 g/mol. The molecule has 1 aromatic rings. The SMILES string of the molecule is [O-]P([O-])(=S)Oc1ncccc1C(F)(F)F. The molecule has 1 aromatic heterocycles. The molecule has 0 atom stereocenters. The second-order valence-corrected chi connectivity index (χ2v) is 4.81. The number of nitrogens with zero attached hydrogens (tertiary/aromatic N) is 1. The Morgan fingerprint density at radius 2 is 2.00 bits per heavy atom. The molecule has 0 aliphatic heterocycles. The van der Waals surface area contributed by atoms with Crippen LogP contribution in [0.1, 0.15) is 5.56 Å². The summed E-state index contributed by atoms with van der Waals surface area (Å²) in [5.74, 6) is -1.06. The van der Waals surface area contributed by atoms with Crippen molar-refractivity contribution in [3.63, 3.8) is 0 Å². The molecule has 0 bridgehead atoms. The molecule has 0 aromatic carbocycles. The van der Waals surface area contributed by atoms with Gasteiger partial charge in [-0.25, -0.2) is 4.98 Å². The van der Waals surface area contributed by atoms with Crippen molar-refractivity contribution >= 4 is 18.5 Å². The Kier molecular flexibility index (Phi) is 3.34. The van der Waals surface area contributed by atoms with Crippen molar-refractivity contribution in [1.29, 1.82) is 0 Å². The first kappa shape index (κ1) is 12.4. The van der Waals surface area contributed by atoms with Gasteiger partial charge in [0.05, 0.1) is 0 Å². The molecule has 0 unspecified atom stereocenters. The summed E-state index contributed by atoms with van der Waals surface area (Å²) >= 11 is 3.82. The number of halogens is 3. The number of hydrogen-bond acceptors (Lipinski definition) is 5. The Hall–Kier alpha value is -0.690. The van der Waals surface area contributed by atoms with Crippen LogP contribution in [0.5, 0.6) is 5.88 Å². The zero-order valence-electron chi connectivity index (χ0n) is 6.89. The summed E-state index contributed by atoms with van der Waals surface area (Å²) < 4.78 is 40.8. The number of alkyl halides is 3. The van der Waals surface area contributed by atoms with Gasteiger partial charge in [0, 0.05) is 6.20 Å². The minimum absolute atomic E-state index is 0.646. The molecule has 0 N–H and O–H groups in total. The molecule has 0 aliphatic rings. The number of pyridine rings is 1. The first-order valence-electron chi connectivity index (χ1n) is 3.44. The Bertz CT molecular complexity index is 405. The minimum Gasteiger partial charge on any atom is -0.803 e. The average Bonchev–Trinajstić information content (AvgIpc) is 1.99. The predicted molar refractivity (Wildman–Crippen MR) is 44.2 cm³/mol. The van der Waals surface area contributed by atoms with Gasteiger partial charge < -0.3 is 14.3 Å². The van der Waals surface area contributed by atoms with Crippen LogP contribution in [0.4, 0.5) is 13.2 Å². The van der Waals surface area contributed by atoms with E-state index in [1.807, 2.05) is 0 Å². The fourth-order valence-electron chi connectivity index (χ4n) is 0.785. The second kappa shape index (κ2) is 4.05. The molecule has 9 heteroatoms. The Morgan fingerprint density at radius 1 is 1.40 bits per heavy atom. The molecule has 1 rings (SSSR count). The van der Waals surface area contributed by atoms with Crippen LogP contribution in [0.25, 0.3) is 0 Å². The van der Waals surface area contributed by atoms with E-state index in [4.69, 9.17) is 0 Å². The van der Waals surface area contributed by atoms with E-state index in [0.29, 0.717) is 6.07 Å². The van der Waals surface area contributed by atoms with E-state index < -0.39 is 24.3 Å². The first-order valence-corrected chi connectivity index (χ1v) is 5.99. The van der Waals surface area contributed by atoms with E-state index in [9.17, 15) is 23.0 Å². The molecule has 0 aliphatic carbocycles. The molecule has 15 heavy (non-hydrogen) atoms. The highest BCUT2D eigenvalue weighted by molar-refractivity contribution is 8.05. The molecule has 0 spiro atoms. The monoisotopic (exact) mass is 257 g/mol. The second-order valence-electron chi connectivity index (χ2n) is 2.39. The number of aromatic nitrogens is 1. The lowest BCUT2D eigenvalue weighted by Crippen LogP contribution is -2.20. The van der Waals surface area contributed by atoms with E-state index in [-0.39, 0.29) is 0 Å². The maximum Gasteiger partial charge on any atom is 0.421 e. The third-order valence-corrected chi connectivity index (χ3v) is 1.89. The van der Waals surface area contributed by atoms with Gasteiger partial charge in [0.1, 0.15) is 5.56 Å². The third-order valence-electron chi connectivity index (χ3n) is 1.27. The quantitative estimate of drug-likeness (QED) is 0.718. The summed E-state index contributed by atoms with van der Waals surface area (Å²) in [7, 11) is 0. The zero-order chi connectivity index (χ0) is 11.7. The van der Waals surface area contributed by atoms with Gasteiger partial charge in [-0.2, -0.15) is 13.2 Å². The van der Waals surface area contributed by atoms with Gasteiger partial charge in [0.25, 0.3) is 0 Å². The normalized spacial score (nSPS) is 12.6. The van der Waals surface area contributed by atoms with Crippen LogP contribution >= 0.6 is 6.72 Å². The summed E-state index contributed by atoms with van der Waals surface area (Å²) in [6.07, 6.45) is -3.77. The lowest BCUT2D eigenvalue weighted by molar-refractivity contribution is -0.314. The van der Waals surface area contributed by atoms with Crippen LogP contribution in [0.15, 0.2) is 18.3 Å². The fourth-order valence-corrected chi connectivity index (χ4v) is 1.35. The predicted octanol–water partition coefficient (Wildman–Crippen LogP) is 0.424. The maximum atomic E-state index is 12.3. The van der Waals surface area contributed by atoms with Gasteiger partial charge in [0.15, 0.2) is 0 Å². The van der Waals surface area contributed by atoms with Gasteiger partial charge >= 0.3 is 6.18 Å². The Morgan fingerprint density at radius 3 is 2.47 bits per heavy atom. The number of hydrogen-bond donors (Lipinski definition) is 0. The molecular weight excluding hydrogens is 254 g/mol. The Labute approximate surface area is 87.6 Å². The van der Waals surface area contributed by atoms with Crippen LogP contribution in [0.2, 0.25) is 0 Å². The van der Waals surface area contributed by atoms with Crippen LogP contribution in [-0.2, 0) is 18.0 Å². The lowest BCUT2D eigenvalue weighted by atomic mass is 10.3. The number of rotatable bonds is 2. The van der Waals surface area contributed by atoms with Crippen molar-refractivity contribution < 1.29 is 27.5 Å². The van der Waals surface area contributed by atoms with Gasteiger partial charge in [-0.1, -0.05) is 11.8 Å².